The van der Waals surface area contributed by atoms with Gasteiger partial charge in [-0.1, -0.05) is 39.0 Å². The van der Waals surface area contributed by atoms with Crippen LogP contribution >= 0.6 is 0 Å². The Morgan fingerprint density at radius 3 is 2.77 bits per heavy atom. The first-order valence-electron chi connectivity index (χ1n) is 8.81. The van der Waals surface area contributed by atoms with Crippen molar-refractivity contribution in [2.75, 3.05) is 0 Å². The first kappa shape index (κ1) is 18.0. The van der Waals surface area contributed by atoms with Crippen LogP contribution in [-0.4, -0.2) is 26.6 Å². The molecule has 0 fully saturated rings. The van der Waals surface area contributed by atoms with Crippen molar-refractivity contribution in [3.05, 3.63) is 47.5 Å². The number of ketones is 1. The van der Waals surface area contributed by atoms with Crippen molar-refractivity contribution in [1.29, 1.82) is 0 Å². The molecule has 0 bridgehead atoms. The molecule has 2 aromatic heterocycles. The molecule has 3 rings (SSSR count). The van der Waals surface area contributed by atoms with Gasteiger partial charge in [-0.05, 0) is 12.8 Å². The minimum atomic E-state index is -0.532. The number of rotatable bonds is 5. The molecule has 1 aliphatic carbocycles. The van der Waals surface area contributed by atoms with Gasteiger partial charge in [0.05, 0.1) is 17.5 Å². The topological polar surface area (TPSA) is 102 Å². The minimum absolute atomic E-state index is 0.0489. The van der Waals surface area contributed by atoms with Crippen LogP contribution < -0.4 is 5.73 Å². The largest absolute Gasteiger partial charge is 0.366 e. The molecular formula is C20H24N4O2. The molecule has 6 heteroatoms. The third-order valence-corrected chi connectivity index (χ3v) is 5.20. The van der Waals surface area contributed by atoms with Crippen molar-refractivity contribution in [3.8, 4) is 0 Å². The van der Waals surface area contributed by atoms with Gasteiger partial charge in [-0.15, -0.1) is 0 Å². The molecule has 26 heavy (non-hydrogen) atoms. The Labute approximate surface area is 152 Å². The Morgan fingerprint density at radius 1 is 1.38 bits per heavy atom. The van der Waals surface area contributed by atoms with E-state index >= 15 is 0 Å². The molecule has 0 saturated heterocycles. The summed E-state index contributed by atoms with van der Waals surface area (Å²) in [4.78, 5) is 36.5. The van der Waals surface area contributed by atoms with Crippen LogP contribution in [0.4, 0.5) is 0 Å². The summed E-state index contributed by atoms with van der Waals surface area (Å²) in [5.41, 5.74) is 7.97. The van der Waals surface area contributed by atoms with E-state index in [4.69, 9.17) is 10.7 Å². The number of nitrogens with two attached hydrogens (primary N) is 1. The number of allylic oxidation sites excluding steroid dienone is 3. The van der Waals surface area contributed by atoms with Gasteiger partial charge in [0.15, 0.2) is 11.4 Å². The van der Waals surface area contributed by atoms with E-state index in [1.165, 1.54) is 0 Å². The monoisotopic (exact) mass is 352 g/mol. The maximum absolute atomic E-state index is 12.5. The highest BCUT2D eigenvalue weighted by Crippen LogP contribution is 2.39. The molecule has 0 aliphatic heterocycles. The average Bonchev–Trinajstić information content (AvgIpc) is 2.99. The summed E-state index contributed by atoms with van der Waals surface area (Å²) in [6.45, 7) is 7.98. The van der Waals surface area contributed by atoms with Gasteiger partial charge in [0, 0.05) is 29.5 Å². The number of aromatic amines is 1. The van der Waals surface area contributed by atoms with Crippen LogP contribution in [0, 0.1) is 11.8 Å². The normalized spacial score (nSPS) is 22.7. The molecule has 0 aromatic carbocycles. The Kier molecular flexibility index (Phi) is 4.52. The van der Waals surface area contributed by atoms with E-state index in [9.17, 15) is 9.59 Å². The van der Waals surface area contributed by atoms with E-state index in [1.807, 2.05) is 39.8 Å². The number of H-pyrrole nitrogens is 1. The highest BCUT2D eigenvalue weighted by atomic mass is 16.1. The summed E-state index contributed by atoms with van der Waals surface area (Å²) in [7, 11) is 0. The van der Waals surface area contributed by atoms with Crippen molar-refractivity contribution >= 4 is 22.9 Å². The lowest BCUT2D eigenvalue weighted by Crippen LogP contribution is -2.36. The smallest absolute Gasteiger partial charge is 0.244 e. The Balaban J connectivity index is 2.06. The molecular weight excluding hydrogens is 328 g/mol. The molecule has 0 saturated carbocycles. The van der Waals surface area contributed by atoms with Gasteiger partial charge in [0.25, 0.3) is 0 Å². The standard InChI is InChI=1S/C20H24N4O2/c1-11(2)8-15(25)14-9-22-19-17(14)24-16(10-23-19)20(4)7-5-6-13(12(20)3)18(21)26/h5-7,9-12H,8H2,1-4H3,(H2,21,26)(H,22,23). The number of hydrogen-bond acceptors (Lipinski definition) is 4. The summed E-state index contributed by atoms with van der Waals surface area (Å²) < 4.78 is 0. The molecule has 0 spiro atoms. The van der Waals surface area contributed by atoms with Crippen LogP contribution in [0.25, 0.3) is 11.2 Å². The number of hydrogen-bond donors (Lipinski definition) is 2. The van der Waals surface area contributed by atoms with Crippen LogP contribution in [0.2, 0.25) is 0 Å². The number of primary amides is 1. The molecule has 2 unspecified atom stereocenters. The van der Waals surface area contributed by atoms with Gasteiger partial charge in [-0.3, -0.25) is 9.59 Å². The molecule has 2 heterocycles. The van der Waals surface area contributed by atoms with Crippen molar-refractivity contribution in [3.63, 3.8) is 0 Å². The van der Waals surface area contributed by atoms with Gasteiger partial charge in [-0.2, -0.15) is 0 Å². The zero-order valence-corrected chi connectivity index (χ0v) is 15.5. The molecule has 1 amide bonds. The predicted octanol–water partition coefficient (Wildman–Crippen LogP) is 3.06. The van der Waals surface area contributed by atoms with E-state index in [0.717, 1.165) is 0 Å². The van der Waals surface area contributed by atoms with E-state index < -0.39 is 11.3 Å². The molecule has 6 nitrogen and oxygen atoms in total. The van der Waals surface area contributed by atoms with Gasteiger partial charge in [0.1, 0.15) is 5.52 Å². The van der Waals surface area contributed by atoms with Crippen LogP contribution in [0.1, 0.15) is 50.2 Å². The fourth-order valence-corrected chi connectivity index (χ4v) is 3.41. The SMILES string of the molecule is CC(C)CC(=O)c1c[nH]c2ncc(C3(C)C=CC=C(C(N)=O)C3C)nc12. The highest BCUT2D eigenvalue weighted by Gasteiger charge is 2.38. The van der Waals surface area contributed by atoms with Gasteiger partial charge in [-0.25, -0.2) is 9.97 Å². The van der Waals surface area contributed by atoms with Crippen LogP contribution in [0.3, 0.4) is 0 Å². The van der Waals surface area contributed by atoms with E-state index in [1.54, 1.807) is 18.5 Å². The Hall–Kier alpha value is -2.76. The fraction of sp³-hybridized carbons (Fsp3) is 0.400. The summed E-state index contributed by atoms with van der Waals surface area (Å²) in [6, 6.07) is 0. The molecule has 2 atom stereocenters. The predicted molar refractivity (Wildman–Crippen MR) is 101 cm³/mol. The molecule has 3 N–H and O–H groups in total. The van der Waals surface area contributed by atoms with Crippen molar-refractivity contribution in [2.45, 2.75) is 39.5 Å². The summed E-state index contributed by atoms with van der Waals surface area (Å²) in [5, 5.41) is 0. The minimum Gasteiger partial charge on any atom is -0.366 e. The van der Waals surface area contributed by atoms with Crippen LogP contribution in [-0.2, 0) is 10.2 Å². The van der Waals surface area contributed by atoms with Crippen molar-refractivity contribution in [1.82, 2.24) is 15.0 Å². The van der Waals surface area contributed by atoms with Gasteiger partial charge < -0.3 is 10.7 Å². The van der Waals surface area contributed by atoms with Crippen LogP contribution in [0.15, 0.2) is 36.2 Å². The third-order valence-electron chi connectivity index (χ3n) is 5.20. The second-order valence-corrected chi connectivity index (χ2v) is 7.53. The van der Waals surface area contributed by atoms with E-state index in [2.05, 4.69) is 9.97 Å². The number of carbonyl (C=O) groups excluding carboxylic acids is 2. The maximum atomic E-state index is 12.5. The van der Waals surface area contributed by atoms with E-state index in [-0.39, 0.29) is 17.6 Å². The molecule has 136 valence electrons. The number of nitrogens with zero attached hydrogens (tertiary/aromatic N) is 2. The Morgan fingerprint density at radius 2 is 2.12 bits per heavy atom. The first-order valence-corrected chi connectivity index (χ1v) is 8.81. The number of amides is 1. The molecule has 0 radical (unpaired) electrons. The second kappa shape index (κ2) is 6.52. The van der Waals surface area contributed by atoms with Gasteiger partial charge in [0.2, 0.25) is 5.91 Å². The van der Waals surface area contributed by atoms with Gasteiger partial charge >= 0.3 is 0 Å². The van der Waals surface area contributed by atoms with Crippen LogP contribution in [0.5, 0.6) is 0 Å². The van der Waals surface area contributed by atoms with Crippen molar-refractivity contribution in [2.24, 2.45) is 17.6 Å². The van der Waals surface area contributed by atoms with E-state index in [0.29, 0.717) is 34.4 Å². The molecule has 1 aliphatic rings. The number of aromatic nitrogens is 3. The zero-order valence-electron chi connectivity index (χ0n) is 15.5. The van der Waals surface area contributed by atoms with Crippen molar-refractivity contribution < 1.29 is 9.59 Å². The lowest BCUT2D eigenvalue weighted by atomic mass is 9.69. The molecule has 2 aromatic rings. The lowest BCUT2D eigenvalue weighted by molar-refractivity contribution is -0.115. The number of Topliss-reactive ketones (excluding diaryl/α,β-unsaturated/α-hetero) is 1. The summed E-state index contributed by atoms with van der Waals surface area (Å²) >= 11 is 0. The number of carbonyl (C=O) groups is 2. The Bertz CT molecular complexity index is 938. The number of nitrogens with one attached hydrogen (secondary N) is 1. The zero-order chi connectivity index (χ0) is 19.1. The quantitative estimate of drug-likeness (QED) is 0.807. The number of fused-ring (bicyclic) bond motifs is 1. The average molecular weight is 352 g/mol. The third kappa shape index (κ3) is 2.96. The summed E-state index contributed by atoms with van der Waals surface area (Å²) in [5.74, 6) is -0.263. The highest BCUT2D eigenvalue weighted by molar-refractivity contribution is 6.05. The fourth-order valence-electron chi connectivity index (χ4n) is 3.41. The second-order valence-electron chi connectivity index (χ2n) is 7.53. The maximum Gasteiger partial charge on any atom is 0.244 e. The lowest BCUT2D eigenvalue weighted by Gasteiger charge is -2.35. The first-order chi connectivity index (χ1) is 12.2. The summed E-state index contributed by atoms with van der Waals surface area (Å²) in [6.07, 6.45) is 9.41.